The van der Waals surface area contributed by atoms with E-state index in [1.165, 1.54) is 20.3 Å². The molecule has 18 heavy (non-hydrogen) atoms. The smallest absolute Gasteiger partial charge is 0.338 e. The molecule has 0 aliphatic rings. The predicted octanol–water partition coefficient (Wildman–Crippen LogP) is 1.97. The highest BCUT2D eigenvalue weighted by Crippen LogP contribution is 2.07. The van der Waals surface area contributed by atoms with Gasteiger partial charge in [0.1, 0.15) is 0 Å². The Hall–Kier alpha value is -2.36. The molecule has 0 spiro atoms. The van der Waals surface area contributed by atoms with Crippen molar-refractivity contribution in [3.8, 4) is 0 Å². The van der Waals surface area contributed by atoms with E-state index in [1.54, 1.807) is 6.08 Å². The predicted molar refractivity (Wildman–Crippen MR) is 67.6 cm³/mol. The molecule has 0 radical (unpaired) electrons. The van der Waals surface area contributed by atoms with Crippen LogP contribution in [-0.4, -0.2) is 26.2 Å². The van der Waals surface area contributed by atoms with E-state index >= 15 is 0 Å². The van der Waals surface area contributed by atoms with Crippen LogP contribution in [0.2, 0.25) is 0 Å². The maximum Gasteiger partial charge on any atom is 0.338 e. The molecule has 0 saturated carbocycles. The molecule has 0 heterocycles. The van der Waals surface area contributed by atoms with Crippen molar-refractivity contribution in [2.45, 2.75) is 0 Å². The molecule has 0 aliphatic carbocycles. The minimum atomic E-state index is -0.604. The Kier molecular flexibility index (Phi) is 5.38. The molecule has 0 fully saturated rings. The van der Waals surface area contributed by atoms with Crippen LogP contribution >= 0.6 is 0 Å². The summed E-state index contributed by atoms with van der Waals surface area (Å²) in [4.78, 5) is 22.5. The maximum absolute atomic E-state index is 11.4. The Morgan fingerprint density at radius 3 is 2.28 bits per heavy atom. The molecule has 0 aromatic heterocycles. The van der Waals surface area contributed by atoms with Crippen LogP contribution in [-0.2, 0) is 19.1 Å². The van der Waals surface area contributed by atoms with Gasteiger partial charge in [-0.15, -0.1) is 0 Å². The average molecular weight is 246 g/mol. The van der Waals surface area contributed by atoms with Crippen molar-refractivity contribution in [2.24, 2.45) is 0 Å². The zero-order valence-electron chi connectivity index (χ0n) is 10.3. The second-order valence-electron chi connectivity index (χ2n) is 3.36. The molecule has 0 amide bonds. The van der Waals surface area contributed by atoms with E-state index in [4.69, 9.17) is 0 Å². The molecular formula is C14H14O4. The lowest BCUT2D eigenvalue weighted by Gasteiger charge is -1.99. The van der Waals surface area contributed by atoms with E-state index in [-0.39, 0.29) is 5.57 Å². The van der Waals surface area contributed by atoms with Crippen LogP contribution in [0.5, 0.6) is 0 Å². The second-order valence-corrected chi connectivity index (χ2v) is 3.36. The number of rotatable bonds is 4. The van der Waals surface area contributed by atoms with Crippen LogP contribution in [0, 0.1) is 0 Å². The lowest BCUT2D eigenvalue weighted by molar-refractivity contribution is -0.138. The van der Waals surface area contributed by atoms with E-state index < -0.39 is 11.9 Å². The van der Waals surface area contributed by atoms with Crippen LogP contribution in [0.4, 0.5) is 0 Å². The zero-order chi connectivity index (χ0) is 13.4. The Bertz CT molecular complexity index is 472. The average Bonchev–Trinajstić information content (AvgIpc) is 2.43. The van der Waals surface area contributed by atoms with Gasteiger partial charge in [0.05, 0.1) is 19.8 Å². The maximum atomic E-state index is 11.4. The molecular weight excluding hydrogens is 232 g/mol. The van der Waals surface area contributed by atoms with E-state index in [0.29, 0.717) is 0 Å². The Morgan fingerprint density at radius 2 is 1.72 bits per heavy atom. The van der Waals surface area contributed by atoms with Gasteiger partial charge >= 0.3 is 11.9 Å². The first-order valence-corrected chi connectivity index (χ1v) is 5.28. The van der Waals surface area contributed by atoms with Crippen molar-refractivity contribution in [3.05, 3.63) is 53.6 Å². The third-order valence-electron chi connectivity index (χ3n) is 2.15. The number of carbonyl (C=O) groups excluding carboxylic acids is 2. The molecule has 0 bridgehead atoms. The Balaban J connectivity index is 2.92. The fraction of sp³-hybridized carbons (Fsp3) is 0.143. The van der Waals surface area contributed by atoms with Crippen molar-refractivity contribution < 1.29 is 19.1 Å². The van der Waals surface area contributed by atoms with Crippen LogP contribution in [0.3, 0.4) is 0 Å². The number of hydrogen-bond donors (Lipinski definition) is 0. The minimum Gasteiger partial charge on any atom is -0.466 e. The summed E-state index contributed by atoms with van der Waals surface area (Å²) in [6.45, 7) is 0. The van der Waals surface area contributed by atoms with E-state index in [0.717, 1.165) is 11.6 Å². The summed E-state index contributed by atoms with van der Waals surface area (Å²) in [6, 6.07) is 9.40. The highest BCUT2D eigenvalue weighted by Gasteiger charge is 2.08. The summed E-state index contributed by atoms with van der Waals surface area (Å²) in [5, 5.41) is 0. The third-order valence-corrected chi connectivity index (χ3v) is 2.15. The quantitative estimate of drug-likeness (QED) is 0.463. The molecule has 4 nitrogen and oxygen atoms in total. The summed E-state index contributed by atoms with van der Waals surface area (Å²) < 4.78 is 9.05. The molecule has 4 heteroatoms. The van der Waals surface area contributed by atoms with Gasteiger partial charge in [0.2, 0.25) is 0 Å². The topological polar surface area (TPSA) is 52.6 Å². The zero-order valence-corrected chi connectivity index (χ0v) is 10.3. The van der Waals surface area contributed by atoms with Crippen LogP contribution in [0.15, 0.2) is 48.1 Å². The molecule has 0 atom stereocenters. The van der Waals surface area contributed by atoms with Gasteiger partial charge in [-0.3, -0.25) is 0 Å². The minimum absolute atomic E-state index is 0.133. The normalized spacial score (nSPS) is 11.3. The number of hydrogen-bond acceptors (Lipinski definition) is 4. The van der Waals surface area contributed by atoms with Crippen molar-refractivity contribution >= 4 is 18.0 Å². The lowest BCUT2D eigenvalue weighted by Crippen LogP contribution is -2.06. The summed E-state index contributed by atoms with van der Waals surface area (Å²) in [6.07, 6.45) is 4.31. The molecule has 0 saturated heterocycles. The van der Waals surface area contributed by atoms with E-state index in [2.05, 4.69) is 9.47 Å². The first-order chi connectivity index (χ1) is 8.67. The largest absolute Gasteiger partial charge is 0.466 e. The summed E-state index contributed by atoms with van der Waals surface area (Å²) in [5.74, 6) is -1.19. The molecule has 0 unspecified atom stereocenters. The summed E-state index contributed by atoms with van der Waals surface area (Å²) >= 11 is 0. The SMILES string of the molecule is COC(=O)/C=C(/C=Cc1ccccc1)C(=O)OC. The fourth-order valence-corrected chi connectivity index (χ4v) is 1.23. The number of ether oxygens (including phenoxy) is 2. The highest BCUT2D eigenvalue weighted by atomic mass is 16.5. The molecule has 0 N–H and O–H groups in total. The summed E-state index contributed by atoms with van der Waals surface area (Å²) in [5.41, 5.74) is 1.05. The summed E-state index contributed by atoms with van der Waals surface area (Å²) in [7, 11) is 2.50. The van der Waals surface area contributed by atoms with Gasteiger partial charge < -0.3 is 9.47 Å². The molecule has 1 aromatic rings. The number of esters is 2. The van der Waals surface area contributed by atoms with Crippen LogP contribution < -0.4 is 0 Å². The van der Waals surface area contributed by atoms with Crippen molar-refractivity contribution in [1.29, 1.82) is 0 Å². The van der Waals surface area contributed by atoms with Crippen LogP contribution in [0.1, 0.15) is 5.56 Å². The third kappa shape index (κ3) is 4.25. The Labute approximate surface area is 106 Å². The van der Waals surface area contributed by atoms with Gasteiger partial charge in [0.15, 0.2) is 0 Å². The van der Waals surface area contributed by atoms with Crippen LogP contribution in [0.25, 0.3) is 6.08 Å². The van der Waals surface area contributed by atoms with Gasteiger partial charge in [0.25, 0.3) is 0 Å². The van der Waals surface area contributed by atoms with Gasteiger partial charge in [0, 0.05) is 6.08 Å². The van der Waals surface area contributed by atoms with Gasteiger partial charge in [-0.25, -0.2) is 9.59 Å². The first kappa shape index (κ1) is 13.7. The second kappa shape index (κ2) is 7.06. The van der Waals surface area contributed by atoms with Crippen molar-refractivity contribution in [2.75, 3.05) is 14.2 Å². The monoisotopic (exact) mass is 246 g/mol. The Morgan fingerprint density at radius 1 is 1.06 bits per heavy atom. The van der Waals surface area contributed by atoms with Crippen molar-refractivity contribution in [3.63, 3.8) is 0 Å². The highest BCUT2D eigenvalue weighted by molar-refractivity contribution is 5.99. The molecule has 1 aromatic carbocycles. The first-order valence-electron chi connectivity index (χ1n) is 5.28. The molecule has 94 valence electrons. The van der Waals surface area contributed by atoms with Gasteiger partial charge in [-0.2, -0.15) is 0 Å². The number of carbonyl (C=O) groups is 2. The lowest BCUT2D eigenvalue weighted by atomic mass is 10.1. The van der Waals surface area contributed by atoms with Crippen molar-refractivity contribution in [1.82, 2.24) is 0 Å². The van der Waals surface area contributed by atoms with E-state index in [1.807, 2.05) is 30.3 Å². The fourth-order valence-electron chi connectivity index (χ4n) is 1.23. The number of methoxy groups -OCH3 is 2. The molecule has 1 rings (SSSR count). The molecule has 0 aliphatic heterocycles. The van der Waals surface area contributed by atoms with Gasteiger partial charge in [-0.05, 0) is 11.6 Å². The standard InChI is InChI=1S/C14H14O4/c1-17-13(15)10-12(14(16)18-2)9-8-11-6-4-3-5-7-11/h3-10H,1-2H3/b9-8?,12-10-. The van der Waals surface area contributed by atoms with Gasteiger partial charge in [-0.1, -0.05) is 36.4 Å². The van der Waals surface area contributed by atoms with E-state index in [9.17, 15) is 9.59 Å². The number of benzene rings is 1.